The molecule has 0 aliphatic rings. The maximum Gasteiger partial charge on any atom is 0.416 e. The lowest BCUT2D eigenvalue weighted by Gasteiger charge is -2.09. The van der Waals surface area contributed by atoms with Gasteiger partial charge in [0.05, 0.1) is 5.56 Å². The number of amides is 1. The van der Waals surface area contributed by atoms with Gasteiger partial charge < -0.3 is 0 Å². The van der Waals surface area contributed by atoms with Crippen LogP contribution in [0.4, 0.5) is 13.2 Å². The third-order valence-corrected chi connectivity index (χ3v) is 2.81. The van der Waals surface area contributed by atoms with Crippen LogP contribution < -0.4 is 10.9 Å². The molecular weight excluding hydrogens is 281 g/mol. The van der Waals surface area contributed by atoms with Gasteiger partial charge in [0.1, 0.15) is 0 Å². The molecule has 2 N–H and O–H groups in total. The molecule has 110 valence electrons. The van der Waals surface area contributed by atoms with Crippen LogP contribution in [0.3, 0.4) is 0 Å². The van der Waals surface area contributed by atoms with Crippen LogP contribution in [0.5, 0.6) is 0 Å². The van der Waals surface area contributed by atoms with E-state index in [1.165, 1.54) is 12.1 Å². The summed E-state index contributed by atoms with van der Waals surface area (Å²) in [7, 11) is 0. The van der Waals surface area contributed by atoms with Gasteiger partial charge >= 0.3 is 6.18 Å². The second-order valence-electron chi connectivity index (χ2n) is 4.37. The average Bonchev–Trinajstić information content (AvgIpc) is 2.47. The Morgan fingerprint density at radius 2 is 1.57 bits per heavy atom. The van der Waals surface area contributed by atoms with Crippen LogP contribution in [0.1, 0.15) is 21.5 Å². The van der Waals surface area contributed by atoms with Gasteiger partial charge in [0.2, 0.25) is 0 Å². The molecule has 0 unspecified atom stereocenters. The molecule has 6 heteroatoms. The minimum atomic E-state index is -4.34. The van der Waals surface area contributed by atoms with Crippen LogP contribution in [0.2, 0.25) is 0 Å². The van der Waals surface area contributed by atoms with Gasteiger partial charge in [-0.25, -0.2) is 5.43 Å². The van der Waals surface area contributed by atoms with Crippen molar-refractivity contribution < 1.29 is 18.0 Å². The monoisotopic (exact) mass is 294 g/mol. The number of hydrazine groups is 1. The molecule has 0 radical (unpaired) electrons. The van der Waals surface area contributed by atoms with Crippen molar-refractivity contribution in [3.8, 4) is 0 Å². The summed E-state index contributed by atoms with van der Waals surface area (Å²) in [4.78, 5) is 11.7. The van der Waals surface area contributed by atoms with Crippen LogP contribution in [0.25, 0.3) is 0 Å². The van der Waals surface area contributed by atoms with Crippen molar-refractivity contribution in [1.29, 1.82) is 0 Å². The van der Waals surface area contributed by atoms with Gasteiger partial charge in [0, 0.05) is 12.1 Å². The number of nitrogens with one attached hydrogen (secondary N) is 2. The van der Waals surface area contributed by atoms with Gasteiger partial charge in [-0.2, -0.15) is 13.2 Å². The third kappa shape index (κ3) is 4.32. The van der Waals surface area contributed by atoms with Gasteiger partial charge in [-0.15, -0.1) is 0 Å². The SMILES string of the molecule is O=C(NNCc1ccc(C(F)(F)F)cc1)c1ccccc1. The van der Waals surface area contributed by atoms with Crippen molar-refractivity contribution in [3.05, 3.63) is 71.3 Å². The highest BCUT2D eigenvalue weighted by Gasteiger charge is 2.29. The molecule has 0 heterocycles. The molecule has 0 aromatic heterocycles. The smallest absolute Gasteiger partial charge is 0.287 e. The van der Waals surface area contributed by atoms with E-state index in [0.717, 1.165) is 12.1 Å². The first kappa shape index (κ1) is 15.1. The average molecular weight is 294 g/mol. The topological polar surface area (TPSA) is 41.1 Å². The Bertz CT molecular complexity index is 595. The van der Waals surface area contributed by atoms with Crippen molar-refractivity contribution in [1.82, 2.24) is 10.9 Å². The number of carbonyl (C=O) groups excluding carboxylic acids is 1. The third-order valence-electron chi connectivity index (χ3n) is 2.81. The highest BCUT2D eigenvalue weighted by atomic mass is 19.4. The van der Waals surface area contributed by atoms with E-state index in [-0.39, 0.29) is 12.5 Å². The number of hydrogen-bond donors (Lipinski definition) is 2. The van der Waals surface area contributed by atoms with E-state index in [0.29, 0.717) is 11.1 Å². The Hall–Kier alpha value is -2.34. The van der Waals surface area contributed by atoms with Gasteiger partial charge in [-0.1, -0.05) is 30.3 Å². The normalized spacial score (nSPS) is 11.2. The molecule has 2 aromatic carbocycles. The first-order valence-electron chi connectivity index (χ1n) is 6.21. The summed E-state index contributed by atoms with van der Waals surface area (Å²) >= 11 is 0. The summed E-state index contributed by atoms with van der Waals surface area (Å²) in [6, 6.07) is 13.4. The summed E-state index contributed by atoms with van der Waals surface area (Å²) in [6.07, 6.45) is -4.34. The molecule has 21 heavy (non-hydrogen) atoms. The van der Waals surface area contributed by atoms with Crippen molar-refractivity contribution in [2.45, 2.75) is 12.7 Å². The van der Waals surface area contributed by atoms with Gasteiger partial charge in [0.15, 0.2) is 0 Å². The fourth-order valence-corrected chi connectivity index (χ4v) is 1.70. The van der Waals surface area contributed by atoms with E-state index in [2.05, 4.69) is 10.9 Å². The summed E-state index contributed by atoms with van der Waals surface area (Å²) in [5.41, 5.74) is 5.60. The van der Waals surface area contributed by atoms with Crippen LogP contribution in [-0.4, -0.2) is 5.91 Å². The van der Waals surface area contributed by atoms with E-state index in [1.54, 1.807) is 30.3 Å². The molecule has 0 atom stereocenters. The van der Waals surface area contributed by atoms with Crippen molar-refractivity contribution >= 4 is 5.91 Å². The molecule has 0 saturated carbocycles. The molecule has 0 saturated heterocycles. The molecule has 2 rings (SSSR count). The van der Waals surface area contributed by atoms with Crippen molar-refractivity contribution in [2.75, 3.05) is 0 Å². The van der Waals surface area contributed by atoms with Crippen LogP contribution in [0.15, 0.2) is 54.6 Å². The molecule has 2 aromatic rings. The van der Waals surface area contributed by atoms with Crippen molar-refractivity contribution in [2.24, 2.45) is 0 Å². The molecule has 0 fully saturated rings. The van der Waals surface area contributed by atoms with Gasteiger partial charge in [0.25, 0.3) is 5.91 Å². The van der Waals surface area contributed by atoms with Gasteiger partial charge in [-0.3, -0.25) is 10.2 Å². The van der Waals surface area contributed by atoms with E-state index >= 15 is 0 Å². The second-order valence-corrected chi connectivity index (χ2v) is 4.37. The minimum Gasteiger partial charge on any atom is -0.287 e. The lowest BCUT2D eigenvalue weighted by atomic mass is 10.1. The molecule has 0 aliphatic heterocycles. The lowest BCUT2D eigenvalue weighted by molar-refractivity contribution is -0.137. The summed E-state index contributed by atoms with van der Waals surface area (Å²) in [6.45, 7) is 0.233. The Labute approximate surface area is 119 Å². The number of hydrogen-bond acceptors (Lipinski definition) is 2. The van der Waals surface area contributed by atoms with Crippen molar-refractivity contribution in [3.63, 3.8) is 0 Å². The zero-order chi connectivity index (χ0) is 15.3. The quantitative estimate of drug-likeness (QED) is 0.851. The number of rotatable bonds is 4. The lowest BCUT2D eigenvalue weighted by Crippen LogP contribution is -2.36. The van der Waals surface area contributed by atoms with E-state index < -0.39 is 11.7 Å². The summed E-state index contributed by atoms with van der Waals surface area (Å²) in [5.74, 6) is -0.303. The Morgan fingerprint density at radius 1 is 0.952 bits per heavy atom. The first-order chi connectivity index (χ1) is 9.97. The Morgan fingerprint density at radius 3 is 2.14 bits per heavy atom. The number of carbonyl (C=O) groups is 1. The standard InChI is InChI=1S/C15H13F3N2O/c16-15(17,18)13-8-6-11(7-9-13)10-19-20-14(21)12-4-2-1-3-5-12/h1-9,19H,10H2,(H,20,21). The predicted molar refractivity (Wildman–Crippen MR) is 72.2 cm³/mol. The molecular formula is C15H13F3N2O. The summed E-state index contributed by atoms with van der Waals surface area (Å²) < 4.78 is 37.2. The minimum absolute atomic E-state index is 0.233. The number of alkyl halides is 3. The highest BCUT2D eigenvalue weighted by molar-refractivity contribution is 5.93. The zero-order valence-electron chi connectivity index (χ0n) is 10.9. The maximum atomic E-state index is 12.4. The van der Waals surface area contributed by atoms with E-state index in [9.17, 15) is 18.0 Å². The fraction of sp³-hybridized carbons (Fsp3) is 0.133. The molecule has 1 amide bonds. The largest absolute Gasteiger partial charge is 0.416 e. The van der Waals surface area contributed by atoms with Crippen LogP contribution in [-0.2, 0) is 12.7 Å². The Kier molecular flexibility index (Phi) is 4.59. The molecule has 0 spiro atoms. The van der Waals surface area contributed by atoms with E-state index in [1.807, 2.05) is 0 Å². The predicted octanol–water partition coefficient (Wildman–Crippen LogP) is 3.14. The maximum absolute atomic E-state index is 12.4. The second kappa shape index (κ2) is 6.41. The molecule has 0 aliphatic carbocycles. The molecule has 0 bridgehead atoms. The summed E-state index contributed by atoms with van der Waals surface area (Å²) in [5, 5.41) is 0. The number of benzene rings is 2. The van der Waals surface area contributed by atoms with Crippen LogP contribution >= 0.6 is 0 Å². The Balaban J connectivity index is 1.85. The van der Waals surface area contributed by atoms with Crippen LogP contribution in [0, 0.1) is 0 Å². The van der Waals surface area contributed by atoms with E-state index in [4.69, 9.17) is 0 Å². The number of halogens is 3. The zero-order valence-corrected chi connectivity index (χ0v) is 10.9. The van der Waals surface area contributed by atoms with Gasteiger partial charge in [-0.05, 0) is 29.8 Å². The highest BCUT2D eigenvalue weighted by Crippen LogP contribution is 2.28. The fourth-order valence-electron chi connectivity index (χ4n) is 1.70. The first-order valence-corrected chi connectivity index (χ1v) is 6.21. The molecule has 3 nitrogen and oxygen atoms in total.